The van der Waals surface area contributed by atoms with Crippen LogP contribution < -0.4 is 24.3 Å². The first-order valence-electron chi connectivity index (χ1n) is 10.6. The van der Waals surface area contributed by atoms with Gasteiger partial charge in [-0.2, -0.15) is 0 Å². The van der Waals surface area contributed by atoms with Gasteiger partial charge in [0.15, 0.2) is 23.0 Å². The Bertz CT molecular complexity index is 1030. The van der Waals surface area contributed by atoms with E-state index in [1.807, 2.05) is 18.2 Å². The summed E-state index contributed by atoms with van der Waals surface area (Å²) in [6.07, 6.45) is 0. The van der Waals surface area contributed by atoms with Crippen LogP contribution in [-0.2, 0) is 19.6 Å². The van der Waals surface area contributed by atoms with Crippen LogP contribution in [0.3, 0.4) is 0 Å². The Morgan fingerprint density at radius 2 is 1.26 bits per heavy atom. The van der Waals surface area contributed by atoms with Crippen molar-refractivity contribution in [1.82, 2.24) is 10.2 Å². The van der Waals surface area contributed by atoms with E-state index in [9.17, 15) is 0 Å². The van der Waals surface area contributed by atoms with Gasteiger partial charge in [0.25, 0.3) is 0 Å². The lowest BCUT2D eigenvalue weighted by Crippen LogP contribution is -2.31. The van der Waals surface area contributed by atoms with E-state index in [4.69, 9.17) is 18.9 Å². The van der Waals surface area contributed by atoms with Gasteiger partial charge in [0.1, 0.15) is 0 Å². The lowest BCUT2D eigenvalue weighted by Gasteiger charge is -2.23. The molecule has 6 nitrogen and oxygen atoms in total. The summed E-state index contributed by atoms with van der Waals surface area (Å²) in [5.74, 6) is 3.30. The monoisotopic (exact) mass is 418 g/mol. The zero-order valence-corrected chi connectivity index (χ0v) is 17.4. The molecule has 2 heterocycles. The Labute approximate surface area is 182 Å². The number of benzene rings is 3. The molecule has 0 radical (unpaired) electrons. The van der Waals surface area contributed by atoms with Crippen molar-refractivity contribution in [3.8, 4) is 23.0 Å². The van der Waals surface area contributed by atoms with Gasteiger partial charge in [-0.05, 0) is 41.0 Å². The Morgan fingerprint density at radius 1 is 0.645 bits per heavy atom. The molecule has 0 saturated carbocycles. The van der Waals surface area contributed by atoms with Gasteiger partial charge in [0.2, 0.25) is 13.6 Å². The molecule has 31 heavy (non-hydrogen) atoms. The van der Waals surface area contributed by atoms with Gasteiger partial charge in [-0.15, -0.1) is 0 Å². The van der Waals surface area contributed by atoms with Crippen LogP contribution in [0.25, 0.3) is 0 Å². The molecule has 0 unspecified atom stereocenters. The molecule has 0 spiro atoms. The molecule has 5 rings (SSSR count). The first-order chi connectivity index (χ1) is 15.3. The molecule has 6 heteroatoms. The molecule has 2 aliphatic heterocycles. The van der Waals surface area contributed by atoms with Gasteiger partial charge in [-0.25, -0.2) is 0 Å². The molecule has 2 aliphatic rings. The Hall–Kier alpha value is -3.22. The van der Waals surface area contributed by atoms with Crippen LogP contribution in [0.1, 0.15) is 16.7 Å². The molecule has 160 valence electrons. The highest BCUT2D eigenvalue weighted by molar-refractivity contribution is 5.45. The normalized spacial score (nSPS) is 13.7. The van der Waals surface area contributed by atoms with Gasteiger partial charge in [-0.1, -0.05) is 42.5 Å². The second-order valence-electron chi connectivity index (χ2n) is 7.75. The van der Waals surface area contributed by atoms with Crippen molar-refractivity contribution < 1.29 is 18.9 Å². The minimum Gasteiger partial charge on any atom is -0.454 e. The molecule has 1 N–H and O–H groups in total. The number of nitrogens with one attached hydrogen (secondary N) is 1. The first-order valence-corrected chi connectivity index (χ1v) is 10.6. The highest BCUT2D eigenvalue weighted by atomic mass is 16.7. The fourth-order valence-corrected chi connectivity index (χ4v) is 3.87. The molecule has 0 aliphatic carbocycles. The maximum atomic E-state index is 5.55. The molecule has 0 bridgehead atoms. The summed E-state index contributed by atoms with van der Waals surface area (Å²) in [5, 5.41) is 3.55. The highest BCUT2D eigenvalue weighted by Gasteiger charge is 2.15. The summed E-state index contributed by atoms with van der Waals surface area (Å²) in [6, 6.07) is 22.9. The van der Waals surface area contributed by atoms with Crippen molar-refractivity contribution in [2.24, 2.45) is 0 Å². The Morgan fingerprint density at radius 3 is 2.00 bits per heavy atom. The van der Waals surface area contributed by atoms with Gasteiger partial charge in [0, 0.05) is 32.7 Å². The average molecular weight is 418 g/mol. The summed E-state index contributed by atoms with van der Waals surface area (Å²) in [6.45, 7) is 4.94. The third-order valence-corrected chi connectivity index (χ3v) is 5.46. The topological polar surface area (TPSA) is 52.2 Å². The molecular formula is C25H26N2O4. The standard InChI is InChI=1S/C25H26N2O4/c1-2-4-19(5-3-1)15-27(16-21-7-9-23-25(13-21)31-18-29-23)11-10-26-14-20-6-8-22-24(12-20)30-17-28-22/h1-9,12-13,26H,10-11,14-18H2. The molecule has 3 aromatic carbocycles. The van der Waals surface area contributed by atoms with Gasteiger partial charge < -0.3 is 24.3 Å². The van der Waals surface area contributed by atoms with Crippen molar-refractivity contribution in [2.75, 3.05) is 26.7 Å². The van der Waals surface area contributed by atoms with Crippen molar-refractivity contribution in [2.45, 2.75) is 19.6 Å². The van der Waals surface area contributed by atoms with Crippen molar-refractivity contribution >= 4 is 0 Å². The van der Waals surface area contributed by atoms with Crippen molar-refractivity contribution in [3.05, 3.63) is 83.4 Å². The summed E-state index contributed by atoms with van der Waals surface area (Å²) < 4.78 is 21.8. The van der Waals surface area contributed by atoms with E-state index in [0.29, 0.717) is 13.6 Å². The smallest absolute Gasteiger partial charge is 0.231 e. The van der Waals surface area contributed by atoms with Crippen LogP contribution in [0.15, 0.2) is 66.7 Å². The summed E-state index contributed by atoms with van der Waals surface area (Å²) in [5.41, 5.74) is 3.71. The number of hydrogen-bond acceptors (Lipinski definition) is 6. The van der Waals surface area contributed by atoms with E-state index >= 15 is 0 Å². The van der Waals surface area contributed by atoms with E-state index in [2.05, 4.69) is 58.7 Å². The van der Waals surface area contributed by atoms with E-state index in [0.717, 1.165) is 55.7 Å². The van der Waals surface area contributed by atoms with Crippen LogP contribution in [-0.4, -0.2) is 31.6 Å². The Kier molecular flexibility index (Phi) is 5.91. The third-order valence-electron chi connectivity index (χ3n) is 5.46. The molecule has 0 saturated heterocycles. The maximum Gasteiger partial charge on any atom is 0.231 e. The predicted octanol–water partition coefficient (Wildman–Crippen LogP) is 3.94. The number of rotatable bonds is 9. The largest absolute Gasteiger partial charge is 0.454 e. The minimum absolute atomic E-state index is 0.302. The molecule has 0 atom stereocenters. The fourth-order valence-electron chi connectivity index (χ4n) is 3.87. The minimum atomic E-state index is 0.302. The van der Waals surface area contributed by atoms with Gasteiger partial charge >= 0.3 is 0 Å². The van der Waals surface area contributed by atoms with Gasteiger partial charge in [0.05, 0.1) is 0 Å². The fraction of sp³-hybridized carbons (Fsp3) is 0.280. The zero-order valence-electron chi connectivity index (χ0n) is 17.4. The number of hydrogen-bond donors (Lipinski definition) is 1. The SMILES string of the molecule is c1ccc(CN(CCNCc2ccc3c(c2)OCO3)Cc2ccc3c(c2)OCO3)cc1. The lowest BCUT2D eigenvalue weighted by atomic mass is 10.1. The molecule has 0 aromatic heterocycles. The van der Waals surface area contributed by atoms with E-state index in [1.165, 1.54) is 16.7 Å². The van der Waals surface area contributed by atoms with Crippen molar-refractivity contribution in [1.29, 1.82) is 0 Å². The maximum absolute atomic E-state index is 5.55. The summed E-state index contributed by atoms with van der Waals surface area (Å²) in [4.78, 5) is 2.44. The third kappa shape index (κ3) is 4.93. The predicted molar refractivity (Wildman–Crippen MR) is 117 cm³/mol. The first kappa shape index (κ1) is 19.7. The molecule has 3 aromatic rings. The van der Waals surface area contributed by atoms with E-state index in [1.54, 1.807) is 0 Å². The van der Waals surface area contributed by atoms with Crippen LogP contribution in [0, 0.1) is 0 Å². The van der Waals surface area contributed by atoms with Gasteiger partial charge in [-0.3, -0.25) is 4.90 Å². The quantitative estimate of drug-likeness (QED) is 0.532. The highest BCUT2D eigenvalue weighted by Crippen LogP contribution is 2.33. The second-order valence-corrected chi connectivity index (χ2v) is 7.75. The Balaban J connectivity index is 1.19. The number of nitrogens with zero attached hydrogens (tertiary/aromatic N) is 1. The van der Waals surface area contributed by atoms with Crippen LogP contribution in [0.5, 0.6) is 23.0 Å². The number of fused-ring (bicyclic) bond motifs is 2. The van der Waals surface area contributed by atoms with Crippen LogP contribution in [0.4, 0.5) is 0 Å². The van der Waals surface area contributed by atoms with E-state index < -0.39 is 0 Å². The van der Waals surface area contributed by atoms with E-state index in [-0.39, 0.29) is 0 Å². The average Bonchev–Trinajstić information content (AvgIpc) is 3.46. The van der Waals surface area contributed by atoms with Crippen molar-refractivity contribution in [3.63, 3.8) is 0 Å². The molecule has 0 fully saturated rings. The number of ether oxygens (including phenoxy) is 4. The zero-order chi connectivity index (χ0) is 20.9. The lowest BCUT2D eigenvalue weighted by molar-refractivity contribution is 0.173. The molecule has 0 amide bonds. The van der Waals surface area contributed by atoms with Crippen LogP contribution in [0.2, 0.25) is 0 Å². The van der Waals surface area contributed by atoms with Crippen LogP contribution >= 0.6 is 0 Å². The summed E-state index contributed by atoms with van der Waals surface area (Å²) >= 11 is 0. The second kappa shape index (κ2) is 9.29. The molecular weight excluding hydrogens is 392 g/mol. The summed E-state index contributed by atoms with van der Waals surface area (Å²) in [7, 11) is 0.